The fourth-order valence-corrected chi connectivity index (χ4v) is 3.25. The van der Waals surface area contributed by atoms with Crippen LogP contribution in [0.2, 0.25) is 0 Å². The highest BCUT2D eigenvalue weighted by Gasteiger charge is 2.18. The molecule has 0 unspecified atom stereocenters. The van der Waals surface area contributed by atoms with E-state index in [2.05, 4.69) is 25.9 Å². The average Bonchev–Trinajstić information content (AvgIpc) is 3.47. The molecule has 0 aliphatic heterocycles. The van der Waals surface area contributed by atoms with Crippen molar-refractivity contribution in [3.05, 3.63) is 78.6 Å². The van der Waals surface area contributed by atoms with Crippen molar-refractivity contribution in [1.82, 2.24) is 25.2 Å². The molecule has 1 atom stereocenters. The Morgan fingerprint density at radius 3 is 2.62 bits per heavy atom. The number of carbonyl (C=O) groups is 1. The molecule has 29 heavy (non-hydrogen) atoms. The Balaban J connectivity index is 1.55. The van der Waals surface area contributed by atoms with Crippen LogP contribution in [-0.2, 0) is 4.79 Å². The number of anilines is 1. The van der Waals surface area contributed by atoms with Crippen LogP contribution in [0.1, 0.15) is 18.0 Å². The molecule has 0 aliphatic rings. The van der Waals surface area contributed by atoms with Gasteiger partial charge in [0.15, 0.2) is 0 Å². The number of H-pyrrole nitrogens is 1. The van der Waals surface area contributed by atoms with E-state index in [9.17, 15) is 4.79 Å². The summed E-state index contributed by atoms with van der Waals surface area (Å²) in [5, 5.41) is 17.0. The van der Waals surface area contributed by atoms with Crippen LogP contribution in [0, 0.1) is 0 Å². The van der Waals surface area contributed by atoms with Crippen LogP contribution in [0.4, 0.5) is 5.69 Å². The highest BCUT2D eigenvalue weighted by molar-refractivity contribution is 5.92. The maximum atomic E-state index is 12.8. The number of nitrogens with one attached hydrogen (secondary N) is 2. The predicted octanol–water partition coefficient (Wildman–Crippen LogP) is 3.30. The van der Waals surface area contributed by atoms with Crippen molar-refractivity contribution in [2.75, 3.05) is 12.4 Å². The largest absolute Gasteiger partial charge is 0.496 e. The summed E-state index contributed by atoms with van der Waals surface area (Å²) in [5.41, 5.74) is 2.35. The quantitative estimate of drug-likeness (QED) is 0.506. The summed E-state index contributed by atoms with van der Waals surface area (Å²) in [6.07, 6.45) is 4.22. The first-order valence-corrected chi connectivity index (χ1v) is 9.13. The third-order valence-electron chi connectivity index (χ3n) is 4.62. The van der Waals surface area contributed by atoms with E-state index in [1.165, 1.54) is 0 Å². The first kappa shape index (κ1) is 18.4. The number of aromatic amines is 1. The van der Waals surface area contributed by atoms with Crippen molar-refractivity contribution in [3.8, 4) is 17.1 Å². The number of nitrogens with zero attached hydrogens (tertiary/aromatic N) is 4. The molecule has 0 fully saturated rings. The van der Waals surface area contributed by atoms with E-state index < -0.39 is 0 Å². The summed E-state index contributed by atoms with van der Waals surface area (Å²) >= 11 is 0. The fourth-order valence-electron chi connectivity index (χ4n) is 3.25. The van der Waals surface area contributed by atoms with Gasteiger partial charge in [-0.3, -0.25) is 4.79 Å². The van der Waals surface area contributed by atoms with E-state index in [0.717, 1.165) is 5.56 Å². The van der Waals surface area contributed by atoms with Crippen molar-refractivity contribution < 1.29 is 9.53 Å². The minimum absolute atomic E-state index is 0.0962. The molecular formula is C21H20N6O2. The minimum atomic E-state index is -0.100. The molecule has 0 bridgehead atoms. The lowest BCUT2D eigenvalue weighted by Crippen LogP contribution is -2.19. The van der Waals surface area contributed by atoms with Crippen LogP contribution in [0.15, 0.2) is 73.1 Å². The number of ether oxygens (including phenoxy) is 1. The van der Waals surface area contributed by atoms with Crippen LogP contribution < -0.4 is 10.1 Å². The second-order valence-corrected chi connectivity index (χ2v) is 6.46. The number of methoxy groups -OCH3 is 1. The summed E-state index contributed by atoms with van der Waals surface area (Å²) in [6.45, 7) is 0. The second kappa shape index (κ2) is 8.39. The molecule has 2 aromatic heterocycles. The molecule has 1 amide bonds. The maximum absolute atomic E-state index is 12.8. The van der Waals surface area contributed by atoms with E-state index in [4.69, 9.17) is 4.74 Å². The Morgan fingerprint density at radius 1 is 1.14 bits per heavy atom. The van der Waals surface area contributed by atoms with Crippen LogP contribution in [-0.4, -0.2) is 38.2 Å². The Kier molecular flexibility index (Phi) is 5.33. The molecule has 2 aromatic carbocycles. The number of rotatable bonds is 7. The Morgan fingerprint density at radius 2 is 1.93 bits per heavy atom. The molecule has 8 heteroatoms. The van der Waals surface area contributed by atoms with Gasteiger partial charge in [0.2, 0.25) is 11.7 Å². The van der Waals surface area contributed by atoms with E-state index in [1.54, 1.807) is 25.3 Å². The third-order valence-corrected chi connectivity index (χ3v) is 4.62. The summed E-state index contributed by atoms with van der Waals surface area (Å²) in [6, 6.07) is 19.1. The van der Waals surface area contributed by atoms with Gasteiger partial charge in [0.05, 0.1) is 25.1 Å². The van der Waals surface area contributed by atoms with E-state index in [-0.39, 0.29) is 11.9 Å². The minimum Gasteiger partial charge on any atom is -0.496 e. The van der Waals surface area contributed by atoms with E-state index in [0.29, 0.717) is 29.2 Å². The van der Waals surface area contributed by atoms with Crippen LogP contribution in [0.3, 0.4) is 0 Å². The van der Waals surface area contributed by atoms with E-state index >= 15 is 0 Å². The molecular weight excluding hydrogens is 368 g/mol. The lowest BCUT2D eigenvalue weighted by Gasteiger charge is -2.19. The lowest BCUT2D eigenvalue weighted by atomic mass is 10.0. The number of benzene rings is 2. The number of amides is 1. The SMILES string of the molecule is COc1ccc(NC(=O)C[C@@H](c2ccccc2)n2cccc2)cc1-c1nn[nH]n1. The van der Waals surface area contributed by atoms with Gasteiger partial charge in [-0.15, -0.1) is 10.2 Å². The standard InChI is InChI=1S/C21H20N6O2/c1-29-19-10-9-16(13-17(19)21-23-25-26-24-21)22-20(28)14-18(27-11-5-6-12-27)15-7-3-2-4-8-15/h2-13,18H,14H2,1H3,(H,22,28)(H,23,24,25,26)/t18-/m0/s1. The molecule has 0 aliphatic carbocycles. The van der Waals surface area contributed by atoms with Gasteiger partial charge in [-0.2, -0.15) is 5.21 Å². The van der Waals surface area contributed by atoms with Crippen LogP contribution in [0.25, 0.3) is 11.4 Å². The predicted molar refractivity (Wildman–Crippen MR) is 108 cm³/mol. The highest BCUT2D eigenvalue weighted by Crippen LogP contribution is 2.30. The summed E-state index contributed by atoms with van der Waals surface area (Å²) < 4.78 is 7.40. The molecule has 4 rings (SSSR count). The number of hydrogen-bond donors (Lipinski definition) is 2. The summed E-state index contributed by atoms with van der Waals surface area (Å²) in [7, 11) is 1.57. The van der Waals surface area contributed by atoms with Crippen LogP contribution in [0.5, 0.6) is 5.75 Å². The molecule has 146 valence electrons. The molecule has 8 nitrogen and oxygen atoms in total. The summed E-state index contributed by atoms with van der Waals surface area (Å²) in [5.74, 6) is 0.892. The van der Waals surface area contributed by atoms with Gasteiger partial charge in [0.25, 0.3) is 0 Å². The number of hydrogen-bond acceptors (Lipinski definition) is 5. The van der Waals surface area contributed by atoms with Gasteiger partial charge in [0.1, 0.15) is 5.75 Å². The monoisotopic (exact) mass is 388 g/mol. The molecule has 0 saturated carbocycles. The van der Waals surface area contributed by atoms with Gasteiger partial charge in [-0.05, 0) is 41.1 Å². The van der Waals surface area contributed by atoms with Gasteiger partial charge in [0, 0.05) is 18.1 Å². The van der Waals surface area contributed by atoms with Gasteiger partial charge in [-0.25, -0.2) is 0 Å². The first-order chi connectivity index (χ1) is 14.2. The number of aromatic nitrogens is 5. The molecule has 0 spiro atoms. The van der Waals surface area contributed by atoms with Gasteiger partial charge < -0.3 is 14.6 Å². The topological polar surface area (TPSA) is 97.7 Å². The van der Waals surface area contributed by atoms with Crippen molar-refractivity contribution in [1.29, 1.82) is 0 Å². The molecule has 4 aromatic rings. The molecule has 2 N–H and O–H groups in total. The zero-order valence-electron chi connectivity index (χ0n) is 15.8. The fraction of sp³-hybridized carbons (Fsp3) is 0.143. The van der Waals surface area contributed by atoms with Crippen molar-refractivity contribution >= 4 is 11.6 Å². The van der Waals surface area contributed by atoms with Crippen LogP contribution >= 0.6 is 0 Å². The van der Waals surface area contributed by atoms with Crippen molar-refractivity contribution in [2.45, 2.75) is 12.5 Å². The van der Waals surface area contributed by atoms with Gasteiger partial charge in [-0.1, -0.05) is 30.3 Å². The number of tetrazole rings is 1. The molecule has 0 radical (unpaired) electrons. The zero-order valence-corrected chi connectivity index (χ0v) is 15.8. The molecule has 0 saturated heterocycles. The van der Waals surface area contributed by atoms with Crippen molar-refractivity contribution in [3.63, 3.8) is 0 Å². The Labute approximate surface area is 167 Å². The normalized spacial score (nSPS) is 11.8. The third kappa shape index (κ3) is 4.16. The van der Waals surface area contributed by atoms with Crippen molar-refractivity contribution in [2.24, 2.45) is 0 Å². The Hall–Kier alpha value is -3.94. The second-order valence-electron chi connectivity index (χ2n) is 6.46. The average molecular weight is 388 g/mol. The zero-order chi connectivity index (χ0) is 20.1. The van der Waals surface area contributed by atoms with Gasteiger partial charge >= 0.3 is 0 Å². The molecule has 2 heterocycles. The lowest BCUT2D eigenvalue weighted by molar-refractivity contribution is -0.116. The maximum Gasteiger partial charge on any atom is 0.226 e. The Bertz CT molecular complexity index is 1060. The number of carbonyl (C=O) groups excluding carboxylic acids is 1. The first-order valence-electron chi connectivity index (χ1n) is 9.13. The smallest absolute Gasteiger partial charge is 0.226 e. The summed E-state index contributed by atoms with van der Waals surface area (Å²) in [4.78, 5) is 12.8. The highest BCUT2D eigenvalue weighted by atomic mass is 16.5. The van der Waals surface area contributed by atoms with E-state index in [1.807, 2.05) is 59.4 Å².